The first kappa shape index (κ1) is 35.3. The summed E-state index contributed by atoms with van der Waals surface area (Å²) in [5.41, 5.74) is -0.552. The van der Waals surface area contributed by atoms with Crippen molar-refractivity contribution >= 4 is 14.3 Å². The predicted octanol–water partition coefficient (Wildman–Crippen LogP) is 7.50. The number of carbonyl (C=O) groups excluding carboxylic acids is 1. The summed E-state index contributed by atoms with van der Waals surface area (Å²) in [4.78, 5) is 12.3. The fourth-order valence-electron chi connectivity index (χ4n) is 5.86. The van der Waals surface area contributed by atoms with E-state index in [1.165, 1.54) is 6.08 Å². The standard InChI is InChI=1S/C31H60O6Si/c1-14-18-25-22(6)28(36-31(12,13)34-25)24(8)29(37-38(15-2,16-3)17-4)23(7)27(33)21(5)19-20-26(32)35-30(9,10)11/h19-25,27-29,33H,14-18H2,1-13H3/b20-19+/t21-,22-,23+,24-,25-,27?,28+,29?/m1/s1. The van der Waals surface area contributed by atoms with Crippen LogP contribution in [-0.2, 0) is 23.4 Å². The largest absolute Gasteiger partial charge is 0.457 e. The van der Waals surface area contributed by atoms with Crippen molar-refractivity contribution in [2.24, 2.45) is 23.7 Å². The maximum atomic E-state index is 12.3. The first-order valence-corrected chi connectivity index (χ1v) is 17.6. The molecule has 38 heavy (non-hydrogen) atoms. The van der Waals surface area contributed by atoms with Gasteiger partial charge >= 0.3 is 5.97 Å². The molecule has 1 heterocycles. The molecule has 2 unspecified atom stereocenters. The number of aliphatic hydroxyl groups excluding tert-OH is 1. The van der Waals surface area contributed by atoms with Gasteiger partial charge in [-0.2, -0.15) is 0 Å². The average molecular weight is 557 g/mol. The fourth-order valence-corrected chi connectivity index (χ4v) is 8.87. The molecule has 0 radical (unpaired) electrons. The van der Waals surface area contributed by atoms with Crippen LogP contribution < -0.4 is 0 Å². The lowest BCUT2D eigenvalue weighted by Gasteiger charge is -2.50. The van der Waals surface area contributed by atoms with Crippen molar-refractivity contribution in [3.63, 3.8) is 0 Å². The van der Waals surface area contributed by atoms with Gasteiger partial charge in [0.25, 0.3) is 0 Å². The Morgan fingerprint density at radius 1 is 1.05 bits per heavy atom. The van der Waals surface area contributed by atoms with Gasteiger partial charge in [-0.05, 0) is 59.2 Å². The van der Waals surface area contributed by atoms with Crippen molar-refractivity contribution in [1.82, 2.24) is 0 Å². The highest BCUT2D eigenvalue weighted by molar-refractivity contribution is 6.73. The average Bonchev–Trinajstić information content (AvgIpc) is 2.83. The Bertz CT molecular complexity index is 733. The molecule has 0 amide bonds. The normalized spacial score (nSPS) is 26.5. The molecule has 0 aliphatic carbocycles. The molecule has 1 aliphatic heterocycles. The minimum absolute atomic E-state index is 0.0516. The molecule has 1 fully saturated rings. The third-order valence-corrected chi connectivity index (χ3v) is 13.1. The number of hydrogen-bond donors (Lipinski definition) is 1. The van der Waals surface area contributed by atoms with E-state index in [1.807, 2.05) is 41.5 Å². The van der Waals surface area contributed by atoms with Crippen LogP contribution in [0.1, 0.15) is 103 Å². The van der Waals surface area contributed by atoms with Gasteiger partial charge in [0.15, 0.2) is 14.1 Å². The number of esters is 1. The maximum Gasteiger partial charge on any atom is 0.330 e. The van der Waals surface area contributed by atoms with Crippen LogP contribution in [0.4, 0.5) is 0 Å². The molecular formula is C31H60O6Si. The van der Waals surface area contributed by atoms with Gasteiger partial charge in [-0.1, -0.05) is 67.9 Å². The summed E-state index contributed by atoms with van der Waals surface area (Å²) in [6.07, 6.45) is 4.44. The molecule has 6 nitrogen and oxygen atoms in total. The zero-order valence-corrected chi connectivity index (χ0v) is 27.8. The lowest BCUT2D eigenvalue weighted by atomic mass is 9.77. The lowest BCUT2D eigenvalue weighted by molar-refractivity contribution is -0.332. The highest BCUT2D eigenvalue weighted by atomic mass is 28.4. The minimum atomic E-state index is -1.99. The van der Waals surface area contributed by atoms with E-state index in [-0.39, 0.29) is 42.0 Å². The van der Waals surface area contributed by atoms with E-state index >= 15 is 0 Å². The maximum absolute atomic E-state index is 12.3. The molecule has 0 bridgehead atoms. The highest BCUT2D eigenvalue weighted by Crippen LogP contribution is 2.41. The van der Waals surface area contributed by atoms with Gasteiger partial charge < -0.3 is 23.7 Å². The van der Waals surface area contributed by atoms with E-state index in [1.54, 1.807) is 6.08 Å². The van der Waals surface area contributed by atoms with Crippen LogP contribution in [0.25, 0.3) is 0 Å². The van der Waals surface area contributed by atoms with Crippen molar-refractivity contribution < 1.29 is 28.5 Å². The zero-order chi connectivity index (χ0) is 29.5. The van der Waals surface area contributed by atoms with Gasteiger partial charge in [0.05, 0.1) is 24.4 Å². The molecule has 7 heteroatoms. The number of rotatable bonds is 14. The van der Waals surface area contributed by atoms with E-state index in [0.29, 0.717) is 0 Å². The molecule has 0 aromatic carbocycles. The van der Waals surface area contributed by atoms with E-state index in [9.17, 15) is 9.90 Å². The molecule has 224 valence electrons. The Kier molecular flexibility index (Phi) is 13.7. The number of hydrogen-bond acceptors (Lipinski definition) is 6. The molecule has 0 saturated carbocycles. The van der Waals surface area contributed by atoms with Crippen LogP contribution in [0.3, 0.4) is 0 Å². The molecule has 0 spiro atoms. The van der Waals surface area contributed by atoms with Crippen LogP contribution >= 0.6 is 0 Å². The van der Waals surface area contributed by atoms with Crippen molar-refractivity contribution in [3.8, 4) is 0 Å². The van der Waals surface area contributed by atoms with Gasteiger partial charge in [-0.3, -0.25) is 0 Å². The summed E-state index contributed by atoms with van der Waals surface area (Å²) in [5, 5.41) is 11.5. The Labute approximate surface area is 235 Å². The van der Waals surface area contributed by atoms with Crippen molar-refractivity contribution in [2.45, 2.75) is 157 Å². The second kappa shape index (κ2) is 14.8. The molecule has 0 aromatic heterocycles. The van der Waals surface area contributed by atoms with Crippen molar-refractivity contribution in [2.75, 3.05) is 0 Å². The summed E-state index contributed by atoms with van der Waals surface area (Å²) in [5.74, 6) is -1.21. The monoisotopic (exact) mass is 556 g/mol. The van der Waals surface area contributed by atoms with Gasteiger partial charge in [0.2, 0.25) is 0 Å². The van der Waals surface area contributed by atoms with Crippen molar-refractivity contribution in [1.29, 1.82) is 0 Å². The molecule has 1 saturated heterocycles. The molecule has 8 atom stereocenters. The van der Waals surface area contributed by atoms with Crippen LogP contribution in [0.15, 0.2) is 12.2 Å². The van der Waals surface area contributed by atoms with Gasteiger partial charge in [0.1, 0.15) is 5.60 Å². The third kappa shape index (κ3) is 10.0. The van der Waals surface area contributed by atoms with Crippen LogP contribution in [-0.4, -0.2) is 55.2 Å². The van der Waals surface area contributed by atoms with Crippen molar-refractivity contribution in [3.05, 3.63) is 12.2 Å². The SMILES string of the molecule is CCC[C@H]1OC(C)(C)O[C@H]([C@@H](C)C(O[Si](CC)(CC)CC)[C@@H](C)C(O)[C@H](C)/C=C/C(=O)OC(C)(C)C)[C@@H]1C. The van der Waals surface area contributed by atoms with E-state index in [2.05, 4.69) is 48.5 Å². The Morgan fingerprint density at radius 3 is 2.08 bits per heavy atom. The smallest absolute Gasteiger partial charge is 0.330 e. The topological polar surface area (TPSA) is 74.2 Å². The van der Waals surface area contributed by atoms with E-state index in [0.717, 1.165) is 31.0 Å². The highest BCUT2D eigenvalue weighted by Gasteiger charge is 2.48. The first-order chi connectivity index (χ1) is 17.5. The molecule has 0 aromatic rings. The van der Waals surface area contributed by atoms with Gasteiger partial charge in [-0.15, -0.1) is 0 Å². The summed E-state index contributed by atoms with van der Waals surface area (Å²) >= 11 is 0. The lowest BCUT2D eigenvalue weighted by Crippen LogP contribution is -2.57. The molecule has 1 rings (SSSR count). The predicted molar refractivity (Wildman–Crippen MR) is 158 cm³/mol. The summed E-state index contributed by atoms with van der Waals surface area (Å²) < 4.78 is 25.5. The van der Waals surface area contributed by atoms with E-state index < -0.39 is 31.8 Å². The number of ether oxygens (including phenoxy) is 3. The number of carbonyl (C=O) groups is 1. The molecule has 1 aliphatic rings. The van der Waals surface area contributed by atoms with Crippen LogP contribution in [0.5, 0.6) is 0 Å². The fraction of sp³-hybridized carbons (Fsp3) is 0.903. The Morgan fingerprint density at radius 2 is 1.61 bits per heavy atom. The quantitative estimate of drug-likeness (QED) is 0.136. The zero-order valence-electron chi connectivity index (χ0n) is 26.8. The van der Waals surface area contributed by atoms with Gasteiger partial charge in [0, 0.05) is 29.7 Å². The molecular weight excluding hydrogens is 496 g/mol. The number of aliphatic hydroxyl groups is 1. The minimum Gasteiger partial charge on any atom is -0.457 e. The Balaban J connectivity index is 3.32. The van der Waals surface area contributed by atoms with Crippen LogP contribution in [0, 0.1) is 23.7 Å². The van der Waals surface area contributed by atoms with Crippen LogP contribution in [0.2, 0.25) is 18.1 Å². The summed E-state index contributed by atoms with van der Waals surface area (Å²) in [6, 6.07) is 3.11. The Hall–Kier alpha value is -0.733. The summed E-state index contributed by atoms with van der Waals surface area (Å²) in [6.45, 7) is 26.9. The van der Waals surface area contributed by atoms with Gasteiger partial charge in [-0.25, -0.2) is 4.79 Å². The molecule has 1 N–H and O–H groups in total. The summed E-state index contributed by atoms with van der Waals surface area (Å²) in [7, 11) is -1.99. The third-order valence-electron chi connectivity index (χ3n) is 8.43. The second-order valence-electron chi connectivity index (χ2n) is 13.1. The second-order valence-corrected chi connectivity index (χ2v) is 17.8. The first-order valence-electron chi connectivity index (χ1n) is 15.1. The van der Waals surface area contributed by atoms with E-state index in [4.69, 9.17) is 18.6 Å².